The van der Waals surface area contributed by atoms with E-state index in [9.17, 15) is 18.8 Å². The molecule has 3 aliphatic heterocycles. The lowest BCUT2D eigenvalue weighted by Crippen LogP contribution is -2.60. The Balaban J connectivity index is 1.11. The molecular formula is C26H30FN5O5. The lowest BCUT2D eigenvalue weighted by Gasteiger charge is -2.38. The molecule has 2 N–H and O–H groups in total. The molecule has 0 bridgehead atoms. The van der Waals surface area contributed by atoms with Crippen LogP contribution in [0.1, 0.15) is 12.0 Å². The quantitative estimate of drug-likeness (QED) is 0.572. The molecule has 3 heterocycles. The number of anilines is 1. The van der Waals surface area contributed by atoms with Gasteiger partial charge in [0.05, 0.1) is 13.0 Å². The van der Waals surface area contributed by atoms with E-state index in [0.29, 0.717) is 18.8 Å². The van der Waals surface area contributed by atoms with Crippen LogP contribution in [0.15, 0.2) is 42.5 Å². The lowest BCUT2D eigenvalue weighted by atomic mass is 10.1. The van der Waals surface area contributed by atoms with Gasteiger partial charge in [-0.15, -0.1) is 0 Å². The number of hydrogen-bond donors (Lipinski definition) is 2. The predicted octanol–water partition coefficient (Wildman–Crippen LogP) is 1.03. The summed E-state index contributed by atoms with van der Waals surface area (Å²) in [6, 6.07) is 10.5. The summed E-state index contributed by atoms with van der Waals surface area (Å²) >= 11 is 0. The summed E-state index contributed by atoms with van der Waals surface area (Å²) in [7, 11) is 0. The zero-order chi connectivity index (χ0) is 25.8. The number of nitrogens with one attached hydrogen (secondary N) is 2. The number of nitrogens with zero attached hydrogens (tertiary/aromatic N) is 3. The van der Waals surface area contributed by atoms with Crippen molar-refractivity contribution in [2.45, 2.75) is 19.0 Å². The van der Waals surface area contributed by atoms with E-state index in [1.165, 1.54) is 29.2 Å². The summed E-state index contributed by atoms with van der Waals surface area (Å²) in [4.78, 5) is 44.2. The van der Waals surface area contributed by atoms with Crippen molar-refractivity contribution in [3.8, 4) is 11.5 Å². The van der Waals surface area contributed by atoms with E-state index in [2.05, 4.69) is 20.4 Å². The topological polar surface area (TPSA) is 103 Å². The predicted molar refractivity (Wildman–Crippen MR) is 132 cm³/mol. The molecule has 196 valence electrons. The fraction of sp³-hybridized carbons (Fsp3) is 0.423. The third-order valence-electron chi connectivity index (χ3n) is 6.82. The van der Waals surface area contributed by atoms with Gasteiger partial charge in [-0.3, -0.25) is 24.2 Å². The molecule has 37 heavy (non-hydrogen) atoms. The van der Waals surface area contributed by atoms with Crippen LogP contribution in [-0.2, 0) is 20.9 Å². The Morgan fingerprint density at radius 3 is 2.49 bits per heavy atom. The van der Waals surface area contributed by atoms with Gasteiger partial charge in [-0.05, 0) is 42.0 Å². The van der Waals surface area contributed by atoms with Crippen LogP contribution in [0.2, 0.25) is 0 Å². The highest BCUT2D eigenvalue weighted by Crippen LogP contribution is 2.32. The maximum atomic E-state index is 13.2. The van der Waals surface area contributed by atoms with Crippen LogP contribution < -0.4 is 20.1 Å². The molecule has 3 amide bonds. The van der Waals surface area contributed by atoms with E-state index in [1.807, 2.05) is 18.2 Å². The highest BCUT2D eigenvalue weighted by atomic mass is 19.1. The van der Waals surface area contributed by atoms with Crippen molar-refractivity contribution >= 4 is 23.4 Å². The standard InChI is InChI=1S/C26H30FN5O5/c27-19-2-4-20(5-3-19)29-24(33)14-21-26(35)28-7-8-32(21)25(34)16-31-11-9-30(10-12-31)15-18-1-6-22-23(13-18)37-17-36-22/h1-6,13,21H,7-12,14-17H2,(H,28,35)(H,29,33)/t21-/m0/s1. The first kappa shape index (κ1) is 25.0. The molecule has 2 aromatic carbocycles. The number of rotatable bonds is 7. The van der Waals surface area contributed by atoms with Crippen LogP contribution >= 0.6 is 0 Å². The van der Waals surface area contributed by atoms with Crippen LogP contribution in [-0.4, -0.2) is 91.1 Å². The number of piperazine rings is 2. The Hall–Kier alpha value is -3.70. The maximum Gasteiger partial charge on any atom is 0.243 e. The SMILES string of the molecule is O=C(C[C@H]1C(=O)NCCN1C(=O)CN1CCN(Cc2ccc3c(c2)OCO3)CC1)Nc1ccc(F)cc1. The van der Waals surface area contributed by atoms with Gasteiger partial charge in [0.15, 0.2) is 11.5 Å². The Labute approximate surface area is 214 Å². The zero-order valence-electron chi connectivity index (χ0n) is 20.5. The largest absolute Gasteiger partial charge is 0.454 e. The van der Waals surface area contributed by atoms with Gasteiger partial charge in [-0.2, -0.15) is 0 Å². The van der Waals surface area contributed by atoms with Crippen molar-refractivity contribution in [1.29, 1.82) is 0 Å². The molecule has 0 saturated carbocycles. The monoisotopic (exact) mass is 511 g/mol. The smallest absolute Gasteiger partial charge is 0.243 e. The van der Waals surface area contributed by atoms with Crippen molar-refractivity contribution in [2.24, 2.45) is 0 Å². The minimum atomic E-state index is -0.881. The summed E-state index contributed by atoms with van der Waals surface area (Å²) < 4.78 is 24.0. The molecule has 0 aromatic heterocycles. The summed E-state index contributed by atoms with van der Waals surface area (Å²) in [5.41, 5.74) is 1.58. The summed E-state index contributed by atoms with van der Waals surface area (Å²) in [5, 5.41) is 5.40. The van der Waals surface area contributed by atoms with Crippen molar-refractivity contribution in [3.05, 3.63) is 53.8 Å². The first-order chi connectivity index (χ1) is 17.9. The number of carbonyl (C=O) groups is 3. The second-order valence-electron chi connectivity index (χ2n) is 9.39. The Bertz CT molecular complexity index is 1150. The van der Waals surface area contributed by atoms with Crippen molar-refractivity contribution in [3.63, 3.8) is 0 Å². The minimum absolute atomic E-state index is 0.168. The van der Waals surface area contributed by atoms with Gasteiger partial charge in [0.1, 0.15) is 11.9 Å². The summed E-state index contributed by atoms with van der Waals surface area (Å²) in [6.45, 7) is 5.02. The van der Waals surface area contributed by atoms with Gasteiger partial charge in [-0.1, -0.05) is 6.07 Å². The normalized spacial score (nSPS) is 20.0. The summed E-state index contributed by atoms with van der Waals surface area (Å²) in [6.07, 6.45) is -0.168. The van der Waals surface area contributed by atoms with Gasteiger partial charge in [-0.25, -0.2) is 4.39 Å². The molecular weight excluding hydrogens is 481 g/mol. The van der Waals surface area contributed by atoms with E-state index in [0.717, 1.165) is 49.8 Å². The Morgan fingerprint density at radius 1 is 0.973 bits per heavy atom. The number of halogens is 1. The molecule has 2 saturated heterocycles. The fourth-order valence-corrected chi connectivity index (χ4v) is 4.82. The van der Waals surface area contributed by atoms with Crippen molar-refractivity contribution in [1.82, 2.24) is 20.0 Å². The molecule has 3 aliphatic rings. The van der Waals surface area contributed by atoms with Crippen LogP contribution in [0, 0.1) is 5.82 Å². The molecule has 0 unspecified atom stereocenters. The first-order valence-corrected chi connectivity index (χ1v) is 12.4. The maximum absolute atomic E-state index is 13.2. The Kier molecular flexibility index (Phi) is 7.52. The van der Waals surface area contributed by atoms with Gasteiger partial charge in [0.25, 0.3) is 0 Å². The number of ether oxygens (including phenoxy) is 2. The van der Waals surface area contributed by atoms with E-state index in [1.54, 1.807) is 0 Å². The highest BCUT2D eigenvalue weighted by Gasteiger charge is 2.35. The van der Waals surface area contributed by atoms with Crippen molar-refractivity contribution < 1.29 is 28.2 Å². The molecule has 2 fully saturated rings. The zero-order valence-corrected chi connectivity index (χ0v) is 20.5. The average Bonchev–Trinajstić information content (AvgIpc) is 3.36. The first-order valence-electron chi connectivity index (χ1n) is 12.4. The molecule has 10 nitrogen and oxygen atoms in total. The summed E-state index contributed by atoms with van der Waals surface area (Å²) in [5.74, 6) is 0.206. The van der Waals surface area contributed by atoms with Crippen LogP contribution in [0.4, 0.5) is 10.1 Å². The molecule has 2 aromatic rings. The molecule has 0 aliphatic carbocycles. The third kappa shape index (κ3) is 6.17. The minimum Gasteiger partial charge on any atom is -0.454 e. The third-order valence-corrected chi connectivity index (χ3v) is 6.82. The number of amides is 3. The molecule has 11 heteroatoms. The van der Waals surface area contributed by atoms with Gasteiger partial charge in [0, 0.05) is 51.5 Å². The van der Waals surface area contributed by atoms with Crippen LogP contribution in [0.25, 0.3) is 0 Å². The van der Waals surface area contributed by atoms with Crippen molar-refractivity contribution in [2.75, 3.05) is 57.9 Å². The number of fused-ring (bicyclic) bond motifs is 1. The van der Waals surface area contributed by atoms with E-state index >= 15 is 0 Å². The Morgan fingerprint density at radius 2 is 1.70 bits per heavy atom. The van der Waals surface area contributed by atoms with E-state index in [4.69, 9.17) is 9.47 Å². The van der Waals surface area contributed by atoms with Crippen LogP contribution in [0.3, 0.4) is 0 Å². The molecule has 0 radical (unpaired) electrons. The number of carbonyl (C=O) groups excluding carboxylic acids is 3. The number of hydrogen-bond acceptors (Lipinski definition) is 7. The molecule has 0 spiro atoms. The van der Waals surface area contributed by atoms with Gasteiger partial charge >= 0.3 is 0 Å². The van der Waals surface area contributed by atoms with E-state index in [-0.39, 0.29) is 31.6 Å². The second-order valence-corrected chi connectivity index (χ2v) is 9.39. The molecule has 5 rings (SSSR count). The second kappa shape index (κ2) is 11.1. The van der Waals surface area contributed by atoms with Gasteiger partial charge in [0.2, 0.25) is 24.5 Å². The number of benzene rings is 2. The highest BCUT2D eigenvalue weighted by molar-refractivity contribution is 5.97. The van der Waals surface area contributed by atoms with Gasteiger partial charge < -0.3 is 25.0 Å². The fourth-order valence-electron chi connectivity index (χ4n) is 4.82. The lowest BCUT2D eigenvalue weighted by molar-refractivity contribution is -0.145. The van der Waals surface area contributed by atoms with Crippen LogP contribution in [0.5, 0.6) is 11.5 Å². The molecule has 1 atom stereocenters. The van der Waals surface area contributed by atoms with E-state index < -0.39 is 17.8 Å². The average molecular weight is 512 g/mol.